The maximum atomic E-state index is 10.8. The second-order valence-electron chi connectivity index (χ2n) is 5.01. The molecule has 0 spiro atoms. The largest absolute Gasteiger partial charge is 0.497 e. The van der Waals surface area contributed by atoms with E-state index in [0.717, 1.165) is 17.6 Å². The van der Waals surface area contributed by atoms with Crippen LogP contribution in [0, 0.1) is 11.3 Å². The highest BCUT2D eigenvalue weighted by Gasteiger charge is 2.05. The van der Waals surface area contributed by atoms with Crippen LogP contribution in [-0.4, -0.2) is 13.4 Å². The van der Waals surface area contributed by atoms with Crippen molar-refractivity contribution >= 4 is 12.4 Å². The Kier molecular flexibility index (Phi) is 5.54. The van der Waals surface area contributed by atoms with Crippen LogP contribution in [-0.2, 0) is 11.4 Å². The minimum atomic E-state index is 0.386. The van der Waals surface area contributed by atoms with Gasteiger partial charge in [-0.15, -0.1) is 0 Å². The van der Waals surface area contributed by atoms with Crippen molar-refractivity contribution in [3.63, 3.8) is 0 Å². The van der Waals surface area contributed by atoms with E-state index in [9.17, 15) is 4.79 Å². The Balaban J connectivity index is 2.21. The number of hydrogen-bond acceptors (Lipinski definition) is 4. The normalized spacial score (nSPS) is 10.7. The number of methoxy groups -OCH3 is 1. The Morgan fingerprint density at radius 3 is 2.57 bits per heavy atom. The quantitative estimate of drug-likeness (QED) is 0.602. The molecule has 0 saturated heterocycles. The van der Waals surface area contributed by atoms with Crippen molar-refractivity contribution < 1.29 is 14.3 Å². The molecule has 0 saturated carbocycles. The van der Waals surface area contributed by atoms with Crippen LogP contribution in [0.1, 0.15) is 23.6 Å². The second-order valence-corrected chi connectivity index (χ2v) is 5.01. The van der Waals surface area contributed by atoms with E-state index in [1.807, 2.05) is 24.3 Å². The summed E-state index contributed by atoms with van der Waals surface area (Å²) in [5, 5.41) is 9.01. The molecule has 4 nitrogen and oxygen atoms in total. The molecule has 0 unspecified atom stereocenters. The summed E-state index contributed by atoms with van der Waals surface area (Å²) in [6.45, 7) is 2.09. The van der Waals surface area contributed by atoms with Crippen molar-refractivity contribution in [1.29, 1.82) is 5.26 Å². The Morgan fingerprint density at radius 1 is 1.22 bits per heavy atom. The lowest BCUT2D eigenvalue weighted by atomic mass is 10.1. The number of aldehydes is 1. The zero-order valence-electron chi connectivity index (χ0n) is 13.1. The second kappa shape index (κ2) is 7.81. The van der Waals surface area contributed by atoms with Crippen LogP contribution < -0.4 is 9.47 Å². The third-order valence-corrected chi connectivity index (χ3v) is 3.26. The summed E-state index contributed by atoms with van der Waals surface area (Å²) in [5.74, 6) is 1.42. The van der Waals surface area contributed by atoms with Crippen molar-refractivity contribution in [2.45, 2.75) is 13.5 Å². The van der Waals surface area contributed by atoms with Gasteiger partial charge >= 0.3 is 0 Å². The third-order valence-electron chi connectivity index (χ3n) is 3.26. The highest BCUT2D eigenvalue weighted by Crippen LogP contribution is 2.24. The molecule has 0 aromatic heterocycles. The number of rotatable bonds is 6. The molecular formula is C19H17NO3. The summed E-state index contributed by atoms with van der Waals surface area (Å²) in [6, 6.07) is 14.8. The van der Waals surface area contributed by atoms with Gasteiger partial charge in [-0.2, -0.15) is 5.26 Å². The lowest BCUT2D eigenvalue weighted by molar-refractivity contribution is -0.104. The van der Waals surface area contributed by atoms with Gasteiger partial charge < -0.3 is 9.47 Å². The molecule has 0 aliphatic rings. The van der Waals surface area contributed by atoms with Crippen LogP contribution >= 0.6 is 0 Å². The summed E-state index contributed by atoms with van der Waals surface area (Å²) < 4.78 is 11.0. The average molecular weight is 307 g/mol. The molecule has 0 bridgehead atoms. The zero-order chi connectivity index (χ0) is 16.7. The number of benzene rings is 2. The number of carbonyl (C=O) groups excluding carboxylic acids is 1. The SMILES string of the molecule is COc1ccc(COc2ccc(C#N)cc2/C=C(\C)C=O)cc1. The molecule has 4 heteroatoms. The molecule has 0 heterocycles. The fourth-order valence-corrected chi connectivity index (χ4v) is 2.02. The third kappa shape index (κ3) is 4.45. The van der Waals surface area contributed by atoms with Crippen molar-refractivity contribution in [2.75, 3.05) is 7.11 Å². The molecule has 116 valence electrons. The van der Waals surface area contributed by atoms with Crippen molar-refractivity contribution in [2.24, 2.45) is 0 Å². The van der Waals surface area contributed by atoms with Gasteiger partial charge in [-0.3, -0.25) is 4.79 Å². The predicted molar refractivity (Wildman–Crippen MR) is 88.2 cm³/mol. The van der Waals surface area contributed by atoms with E-state index < -0.39 is 0 Å². The molecule has 2 aromatic rings. The minimum Gasteiger partial charge on any atom is -0.497 e. The van der Waals surface area contributed by atoms with Crippen molar-refractivity contribution in [3.8, 4) is 17.6 Å². The number of nitriles is 1. The first-order chi connectivity index (χ1) is 11.2. The number of allylic oxidation sites excluding steroid dienone is 1. The summed E-state index contributed by atoms with van der Waals surface area (Å²) >= 11 is 0. The van der Waals surface area contributed by atoms with Gasteiger partial charge in [0.2, 0.25) is 0 Å². The molecule has 0 amide bonds. The monoisotopic (exact) mass is 307 g/mol. The summed E-state index contributed by atoms with van der Waals surface area (Å²) in [6.07, 6.45) is 2.48. The summed E-state index contributed by atoms with van der Waals surface area (Å²) in [4.78, 5) is 10.8. The van der Waals surface area contributed by atoms with Crippen LogP contribution in [0.25, 0.3) is 6.08 Å². The Morgan fingerprint density at radius 2 is 1.96 bits per heavy atom. The maximum absolute atomic E-state index is 10.8. The van der Waals surface area contributed by atoms with Gasteiger partial charge in [0, 0.05) is 5.56 Å². The Bertz CT molecular complexity index is 755. The maximum Gasteiger partial charge on any atom is 0.145 e. The van der Waals surface area contributed by atoms with Crippen molar-refractivity contribution in [1.82, 2.24) is 0 Å². The standard InChI is InChI=1S/C19H17NO3/c1-14(12-21)9-17-10-16(11-20)5-8-19(17)23-13-15-3-6-18(22-2)7-4-15/h3-10,12H,13H2,1-2H3/b14-9+. The molecule has 0 aliphatic carbocycles. The molecule has 2 rings (SSSR count). The number of nitrogens with zero attached hydrogens (tertiary/aromatic N) is 1. The van der Waals surface area contributed by atoms with Gasteiger partial charge in [0.25, 0.3) is 0 Å². The highest BCUT2D eigenvalue weighted by atomic mass is 16.5. The summed E-state index contributed by atoms with van der Waals surface area (Å²) in [7, 11) is 1.62. The lowest BCUT2D eigenvalue weighted by Crippen LogP contribution is -1.98. The molecule has 23 heavy (non-hydrogen) atoms. The molecular weight excluding hydrogens is 290 g/mol. The van der Waals surface area contributed by atoms with Crippen molar-refractivity contribution in [3.05, 3.63) is 64.7 Å². The van der Waals surface area contributed by atoms with Crippen LogP contribution in [0.2, 0.25) is 0 Å². The first-order valence-electron chi connectivity index (χ1n) is 7.09. The van der Waals surface area contributed by atoms with Crippen LogP contribution in [0.4, 0.5) is 0 Å². The van der Waals surface area contributed by atoms with Gasteiger partial charge in [0.1, 0.15) is 24.4 Å². The topological polar surface area (TPSA) is 59.3 Å². The van der Waals surface area contributed by atoms with E-state index in [2.05, 4.69) is 6.07 Å². The van der Waals surface area contributed by atoms with E-state index in [-0.39, 0.29) is 0 Å². The zero-order valence-corrected chi connectivity index (χ0v) is 13.1. The first-order valence-corrected chi connectivity index (χ1v) is 7.09. The Labute approximate surface area is 135 Å². The van der Waals surface area contributed by atoms with Crippen LogP contribution in [0.15, 0.2) is 48.0 Å². The molecule has 0 N–H and O–H groups in total. The molecule has 0 fully saturated rings. The van der Waals surface area contributed by atoms with E-state index >= 15 is 0 Å². The van der Waals surface area contributed by atoms with E-state index in [1.165, 1.54) is 0 Å². The van der Waals surface area contributed by atoms with E-state index in [1.54, 1.807) is 38.3 Å². The van der Waals surface area contributed by atoms with Crippen LogP contribution in [0.3, 0.4) is 0 Å². The molecule has 2 aromatic carbocycles. The summed E-state index contributed by atoms with van der Waals surface area (Å²) in [5.41, 5.74) is 2.79. The number of carbonyl (C=O) groups is 1. The van der Waals surface area contributed by atoms with Gasteiger partial charge in [0.15, 0.2) is 0 Å². The molecule has 0 atom stereocenters. The van der Waals surface area contributed by atoms with Gasteiger partial charge in [-0.25, -0.2) is 0 Å². The molecule has 0 radical (unpaired) electrons. The Hall–Kier alpha value is -3.06. The van der Waals surface area contributed by atoms with E-state index in [0.29, 0.717) is 29.1 Å². The predicted octanol–water partition coefficient (Wildman–Crippen LogP) is 3.75. The minimum absolute atomic E-state index is 0.386. The molecule has 0 aliphatic heterocycles. The number of hydrogen-bond donors (Lipinski definition) is 0. The van der Waals surface area contributed by atoms with Gasteiger partial charge in [-0.05, 0) is 54.5 Å². The number of ether oxygens (including phenoxy) is 2. The van der Waals surface area contributed by atoms with Gasteiger partial charge in [0.05, 0.1) is 18.7 Å². The van der Waals surface area contributed by atoms with Crippen LogP contribution in [0.5, 0.6) is 11.5 Å². The fraction of sp³-hybridized carbons (Fsp3) is 0.158. The smallest absolute Gasteiger partial charge is 0.145 e. The first kappa shape index (κ1) is 16.3. The van der Waals surface area contributed by atoms with Gasteiger partial charge in [-0.1, -0.05) is 12.1 Å². The lowest BCUT2D eigenvalue weighted by Gasteiger charge is -2.10. The van der Waals surface area contributed by atoms with E-state index in [4.69, 9.17) is 14.7 Å². The highest BCUT2D eigenvalue weighted by molar-refractivity contribution is 5.82. The fourth-order valence-electron chi connectivity index (χ4n) is 2.02. The average Bonchev–Trinajstić information content (AvgIpc) is 2.60.